The number of carbonyl (C=O) groups is 1. The van der Waals surface area contributed by atoms with Crippen molar-refractivity contribution in [2.24, 2.45) is 5.92 Å². The number of ether oxygens (including phenoxy) is 1. The van der Waals surface area contributed by atoms with Crippen molar-refractivity contribution in [3.05, 3.63) is 59.9 Å². The molecule has 1 aliphatic rings. The van der Waals surface area contributed by atoms with Crippen molar-refractivity contribution >= 4 is 22.6 Å². The maximum Gasteiger partial charge on any atom is 0.229 e. The van der Waals surface area contributed by atoms with E-state index >= 15 is 0 Å². The standard InChI is InChI=1S/C24H30N4O2/c1-3-23-25-21-10-6-7-11-22(21)28(23)16-18(2)24(29)26-20-9-5-4-8-19(20)17-27-12-14-30-15-13-27/h4-11,18H,3,12-17H2,1-2H3,(H,26,29)/t18-/m1/s1. The monoisotopic (exact) mass is 406 g/mol. The molecule has 1 aromatic heterocycles. The number of aryl methyl sites for hydroxylation is 1. The van der Waals surface area contributed by atoms with Crippen LogP contribution in [0.2, 0.25) is 0 Å². The lowest BCUT2D eigenvalue weighted by molar-refractivity contribution is -0.119. The third kappa shape index (κ3) is 4.55. The van der Waals surface area contributed by atoms with Crippen molar-refractivity contribution in [3.63, 3.8) is 0 Å². The van der Waals surface area contributed by atoms with Crippen LogP contribution in [0.3, 0.4) is 0 Å². The van der Waals surface area contributed by atoms with Crippen LogP contribution in [0.5, 0.6) is 0 Å². The van der Waals surface area contributed by atoms with Crippen LogP contribution in [0.4, 0.5) is 5.69 Å². The number of para-hydroxylation sites is 3. The summed E-state index contributed by atoms with van der Waals surface area (Å²) in [5.41, 5.74) is 4.11. The normalized spacial score (nSPS) is 15.9. The molecule has 0 saturated carbocycles. The summed E-state index contributed by atoms with van der Waals surface area (Å²) in [5.74, 6) is 0.872. The first-order valence-electron chi connectivity index (χ1n) is 10.8. The Morgan fingerprint density at radius 1 is 1.13 bits per heavy atom. The molecule has 6 heteroatoms. The molecule has 3 aromatic rings. The minimum atomic E-state index is -0.177. The molecule has 0 aliphatic carbocycles. The number of hydrogen-bond donors (Lipinski definition) is 1. The number of carbonyl (C=O) groups excluding carboxylic acids is 1. The fraction of sp³-hybridized carbons (Fsp3) is 0.417. The lowest BCUT2D eigenvalue weighted by Crippen LogP contribution is -2.36. The molecule has 1 atom stereocenters. The van der Waals surface area contributed by atoms with Crippen molar-refractivity contribution in [1.29, 1.82) is 0 Å². The molecule has 0 unspecified atom stereocenters. The van der Waals surface area contributed by atoms with Crippen LogP contribution < -0.4 is 5.32 Å². The Kier molecular flexibility index (Phi) is 6.45. The molecule has 1 amide bonds. The molecule has 0 spiro atoms. The van der Waals surface area contributed by atoms with E-state index in [4.69, 9.17) is 9.72 Å². The molecule has 2 aromatic carbocycles. The highest BCUT2D eigenvalue weighted by Crippen LogP contribution is 2.21. The first kappa shape index (κ1) is 20.6. The molecule has 1 aliphatic heterocycles. The van der Waals surface area contributed by atoms with Crippen LogP contribution in [0, 0.1) is 5.92 Å². The second-order valence-corrected chi connectivity index (χ2v) is 7.92. The van der Waals surface area contributed by atoms with Crippen molar-refractivity contribution < 1.29 is 9.53 Å². The Hall–Kier alpha value is -2.70. The first-order chi connectivity index (χ1) is 14.7. The number of rotatable bonds is 7. The summed E-state index contributed by atoms with van der Waals surface area (Å²) in [6, 6.07) is 16.2. The van der Waals surface area contributed by atoms with Gasteiger partial charge in [0, 0.05) is 38.3 Å². The first-order valence-corrected chi connectivity index (χ1v) is 10.8. The molecular weight excluding hydrogens is 376 g/mol. The summed E-state index contributed by atoms with van der Waals surface area (Å²) in [5, 5.41) is 3.17. The van der Waals surface area contributed by atoms with Crippen LogP contribution in [-0.4, -0.2) is 46.7 Å². The lowest BCUT2D eigenvalue weighted by atomic mass is 10.1. The van der Waals surface area contributed by atoms with E-state index in [9.17, 15) is 4.79 Å². The van der Waals surface area contributed by atoms with E-state index in [1.807, 2.05) is 43.3 Å². The number of fused-ring (bicyclic) bond motifs is 1. The minimum Gasteiger partial charge on any atom is -0.379 e. The summed E-state index contributed by atoms with van der Waals surface area (Å²) in [6.45, 7) is 8.90. The van der Waals surface area contributed by atoms with E-state index in [1.54, 1.807) is 0 Å². The van der Waals surface area contributed by atoms with Crippen LogP contribution >= 0.6 is 0 Å². The van der Waals surface area contributed by atoms with Crippen molar-refractivity contribution in [1.82, 2.24) is 14.5 Å². The molecule has 0 bridgehead atoms. The number of aromatic nitrogens is 2. The van der Waals surface area contributed by atoms with Gasteiger partial charge >= 0.3 is 0 Å². The lowest BCUT2D eigenvalue weighted by Gasteiger charge is -2.27. The Balaban J connectivity index is 1.47. The van der Waals surface area contributed by atoms with E-state index in [-0.39, 0.29) is 11.8 Å². The average molecular weight is 407 g/mol. The van der Waals surface area contributed by atoms with Gasteiger partial charge in [0.15, 0.2) is 0 Å². The van der Waals surface area contributed by atoms with Crippen molar-refractivity contribution in [3.8, 4) is 0 Å². The molecule has 2 heterocycles. The predicted octanol–water partition coefficient (Wildman–Crippen LogP) is 3.71. The van der Waals surface area contributed by atoms with Crippen LogP contribution in [0.1, 0.15) is 25.2 Å². The highest BCUT2D eigenvalue weighted by atomic mass is 16.5. The van der Waals surface area contributed by atoms with Gasteiger partial charge < -0.3 is 14.6 Å². The second kappa shape index (κ2) is 9.41. The Morgan fingerprint density at radius 2 is 1.87 bits per heavy atom. The van der Waals surface area contributed by atoms with Crippen molar-refractivity contribution in [2.45, 2.75) is 33.4 Å². The largest absolute Gasteiger partial charge is 0.379 e. The number of imidazole rings is 1. The molecule has 30 heavy (non-hydrogen) atoms. The van der Waals surface area contributed by atoms with Crippen LogP contribution in [-0.2, 0) is 29.0 Å². The Bertz CT molecular complexity index is 1010. The van der Waals surface area contributed by atoms with E-state index in [0.717, 1.165) is 67.4 Å². The van der Waals surface area contributed by atoms with Gasteiger partial charge in [-0.25, -0.2) is 4.98 Å². The second-order valence-electron chi connectivity index (χ2n) is 7.92. The van der Waals surface area contributed by atoms with Gasteiger partial charge in [-0.1, -0.05) is 44.2 Å². The number of nitrogens with zero attached hydrogens (tertiary/aromatic N) is 3. The molecule has 158 valence electrons. The predicted molar refractivity (Wildman–Crippen MR) is 119 cm³/mol. The molecule has 4 rings (SSSR count). The number of benzene rings is 2. The van der Waals surface area contributed by atoms with Gasteiger partial charge in [-0.2, -0.15) is 0 Å². The summed E-state index contributed by atoms with van der Waals surface area (Å²) in [7, 11) is 0. The Morgan fingerprint density at radius 3 is 2.67 bits per heavy atom. The van der Waals surface area contributed by atoms with Crippen LogP contribution in [0.15, 0.2) is 48.5 Å². The van der Waals surface area contributed by atoms with Gasteiger partial charge in [-0.15, -0.1) is 0 Å². The maximum atomic E-state index is 13.0. The molecular formula is C24H30N4O2. The van der Waals surface area contributed by atoms with E-state index in [1.165, 1.54) is 0 Å². The van der Waals surface area contributed by atoms with Gasteiger partial charge in [0.05, 0.1) is 30.2 Å². The van der Waals surface area contributed by atoms with E-state index in [0.29, 0.717) is 6.54 Å². The minimum absolute atomic E-state index is 0.0317. The zero-order chi connectivity index (χ0) is 20.9. The molecule has 1 fully saturated rings. The third-order valence-electron chi connectivity index (χ3n) is 5.73. The fourth-order valence-corrected chi connectivity index (χ4v) is 3.99. The van der Waals surface area contributed by atoms with E-state index < -0.39 is 0 Å². The number of amides is 1. The summed E-state index contributed by atoms with van der Waals surface area (Å²) < 4.78 is 7.62. The topological polar surface area (TPSA) is 59.4 Å². The fourth-order valence-electron chi connectivity index (χ4n) is 3.99. The zero-order valence-corrected chi connectivity index (χ0v) is 17.8. The van der Waals surface area contributed by atoms with Crippen LogP contribution in [0.25, 0.3) is 11.0 Å². The highest BCUT2D eigenvalue weighted by molar-refractivity contribution is 5.93. The van der Waals surface area contributed by atoms with Gasteiger partial charge in [0.1, 0.15) is 5.82 Å². The Labute approximate surface area is 177 Å². The number of nitrogens with one attached hydrogen (secondary N) is 1. The van der Waals surface area contributed by atoms with Crippen molar-refractivity contribution in [2.75, 3.05) is 31.6 Å². The number of hydrogen-bond acceptors (Lipinski definition) is 4. The SMILES string of the molecule is CCc1nc2ccccc2n1C[C@@H](C)C(=O)Nc1ccccc1CN1CCOCC1. The molecule has 1 N–H and O–H groups in total. The van der Waals surface area contributed by atoms with E-state index in [2.05, 4.69) is 33.8 Å². The number of anilines is 1. The summed E-state index contributed by atoms with van der Waals surface area (Å²) >= 11 is 0. The third-order valence-corrected chi connectivity index (χ3v) is 5.73. The summed E-state index contributed by atoms with van der Waals surface area (Å²) in [6.07, 6.45) is 0.839. The van der Waals surface area contributed by atoms with Gasteiger partial charge in [0.25, 0.3) is 0 Å². The smallest absolute Gasteiger partial charge is 0.229 e. The highest BCUT2D eigenvalue weighted by Gasteiger charge is 2.19. The maximum absolute atomic E-state index is 13.0. The molecule has 6 nitrogen and oxygen atoms in total. The van der Waals surface area contributed by atoms with Gasteiger partial charge in [-0.05, 0) is 23.8 Å². The zero-order valence-electron chi connectivity index (χ0n) is 17.8. The summed E-state index contributed by atoms with van der Waals surface area (Å²) in [4.78, 5) is 20.1. The van der Waals surface area contributed by atoms with Gasteiger partial charge in [-0.3, -0.25) is 9.69 Å². The average Bonchev–Trinajstić information content (AvgIpc) is 3.13. The quantitative estimate of drug-likeness (QED) is 0.650. The molecule has 1 saturated heterocycles. The number of morpholine rings is 1. The van der Waals surface area contributed by atoms with Gasteiger partial charge in [0.2, 0.25) is 5.91 Å². The molecule has 0 radical (unpaired) electrons.